The van der Waals surface area contributed by atoms with Crippen LogP contribution in [0.15, 0.2) is 39.6 Å². The number of H-pyrrole nitrogens is 1. The van der Waals surface area contributed by atoms with Crippen molar-refractivity contribution in [2.45, 2.75) is 37.9 Å². The molecule has 1 aromatic heterocycles. The predicted octanol–water partition coefficient (Wildman–Crippen LogP) is 0.00462. The Bertz CT molecular complexity index is 805. The lowest BCUT2D eigenvalue weighted by molar-refractivity contribution is -0.0300. The number of ether oxygens (including phenoxy) is 2. The van der Waals surface area contributed by atoms with Crippen molar-refractivity contribution in [3.63, 3.8) is 0 Å². The summed E-state index contributed by atoms with van der Waals surface area (Å²) in [5.41, 5.74) is 0.624. The highest BCUT2D eigenvalue weighted by molar-refractivity contribution is 5.34. The highest BCUT2D eigenvalue weighted by atomic mass is 16.6. The smallest absolute Gasteiger partial charge is 0.330 e. The maximum absolute atomic E-state index is 12.0. The molecule has 7 heteroatoms. The minimum atomic E-state index is -0.507. The van der Waals surface area contributed by atoms with E-state index in [1.54, 1.807) is 6.92 Å². The predicted molar refractivity (Wildman–Crippen MR) is 81.0 cm³/mol. The number of hydrogen-bond acceptors (Lipinski definition) is 5. The summed E-state index contributed by atoms with van der Waals surface area (Å²) < 4.78 is 12.7. The number of rotatable bonds is 3. The van der Waals surface area contributed by atoms with Crippen molar-refractivity contribution >= 4 is 0 Å². The van der Waals surface area contributed by atoms with E-state index in [2.05, 4.69) is 11.1 Å². The maximum atomic E-state index is 12.0. The molecule has 4 rings (SSSR count). The Morgan fingerprint density at radius 1 is 1.35 bits per heavy atom. The van der Waals surface area contributed by atoms with Gasteiger partial charge in [0.05, 0.1) is 12.7 Å². The van der Waals surface area contributed by atoms with Crippen molar-refractivity contribution in [3.05, 3.63) is 56.4 Å². The average molecular weight is 318 g/mol. The van der Waals surface area contributed by atoms with Crippen LogP contribution in [0, 0.1) is 12.8 Å². The van der Waals surface area contributed by atoms with Crippen LogP contribution >= 0.6 is 0 Å². The first kappa shape index (κ1) is 14.6. The third-order valence-corrected chi connectivity index (χ3v) is 4.70. The molecule has 0 radical (unpaired) electrons. The number of aryl methyl sites for hydroxylation is 1. The zero-order chi connectivity index (χ0) is 16.1. The Hall–Kier alpha value is -1.96. The van der Waals surface area contributed by atoms with E-state index in [1.807, 2.05) is 12.2 Å². The Morgan fingerprint density at radius 2 is 2.17 bits per heavy atom. The largest absolute Gasteiger partial charge is 0.394 e. The maximum Gasteiger partial charge on any atom is 0.330 e. The molecular weight excluding hydrogens is 300 g/mol. The molecule has 3 aliphatic rings. The summed E-state index contributed by atoms with van der Waals surface area (Å²) in [5.74, 6) is -0.00876. The third-order valence-electron chi connectivity index (χ3n) is 4.70. The molecule has 5 atom stereocenters. The molecule has 1 aliphatic carbocycles. The summed E-state index contributed by atoms with van der Waals surface area (Å²) in [6.07, 6.45) is 7.58. The van der Waals surface area contributed by atoms with Gasteiger partial charge in [-0.05, 0) is 18.6 Å². The molecule has 2 fully saturated rings. The highest BCUT2D eigenvalue weighted by Gasteiger charge is 2.42. The molecule has 0 spiro atoms. The molecule has 0 aromatic carbocycles. The summed E-state index contributed by atoms with van der Waals surface area (Å²) in [7, 11) is 0. The number of hydrogen-bond donors (Lipinski definition) is 2. The minimum absolute atomic E-state index is 0.00876. The number of epoxide rings is 1. The Morgan fingerprint density at radius 3 is 2.91 bits per heavy atom. The van der Waals surface area contributed by atoms with Crippen LogP contribution in [0.4, 0.5) is 0 Å². The van der Waals surface area contributed by atoms with Crippen molar-refractivity contribution in [1.29, 1.82) is 0 Å². The second-order valence-electron chi connectivity index (χ2n) is 6.22. The van der Waals surface area contributed by atoms with E-state index in [-0.39, 0.29) is 30.8 Å². The minimum Gasteiger partial charge on any atom is -0.394 e. The van der Waals surface area contributed by atoms with Gasteiger partial charge in [0.15, 0.2) is 0 Å². The summed E-state index contributed by atoms with van der Waals surface area (Å²) >= 11 is 0. The first-order chi connectivity index (χ1) is 11.1. The van der Waals surface area contributed by atoms with Crippen LogP contribution in [0.25, 0.3) is 0 Å². The molecule has 23 heavy (non-hydrogen) atoms. The fourth-order valence-electron chi connectivity index (χ4n) is 3.34. The van der Waals surface area contributed by atoms with Gasteiger partial charge >= 0.3 is 5.69 Å². The van der Waals surface area contributed by atoms with Crippen LogP contribution in [0.2, 0.25) is 0 Å². The van der Waals surface area contributed by atoms with E-state index in [1.165, 1.54) is 10.8 Å². The van der Waals surface area contributed by atoms with E-state index in [4.69, 9.17) is 9.47 Å². The summed E-state index contributed by atoms with van der Waals surface area (Å²) in [6, 6.07) is 0. The number of aliphatic hydroxyl groups is 1. The molecular formula is C16H18N2O5. The van der Waals surface area contributed by atoms with Crippen molar-refractivity contribution < 1.29 is 14.6 Å². The second-order valence-corrected chi connectivity index (χ2v) is 6.22. The first-order valence-electron chi connectivity index (χ1n) is 7.70. The first-order valence-corrected chi connectivity index (χ1v) is 7.70. The highest BCUT2D eigenvalue weighted by Crippen LogP contribution is 2.41. The van der Waals surface area contributed by atoms with Gasteiger partial charge in [-0.15, -0.1) is 0 Å². The van der Waals surface area contributed by atoms with Crippen molar-refractivity contribution in [2.24, 2.45) is 5.92 Å². The fraction of sp³-hybridized carbons (Fsp3) is 0.500. The molecule has 2 N–H and O–H groups in total. The van der Waals surface area contributed by atoms with Crippen LogP contribution in [0.5, 0.6) is 0 Å². The van der Waals surface area contributed by atoms with Gasteiger partial charge in [-0.1, -0.05) is 12.2 Å². The van der Waals surface area contributed by atoms with Gasteiger partial charge < -0.3 is 14.6 Å². The molecule has 2 aliphatic heterocycles. The molecule has 122 valence electrons. The second kappa shape index (κ2) is 5.30. The number of allylic oxidation sites excluding steroid dienone is 1. The van der Waals surface area contributed by atoms with Gasteiger partial charge in [0.2, 0.25) is 0 Å². The Kier molecular flexibility index (Phi) is 3.37. The van der Waals surface area contributed by atoms with Gasteiger partial charge in [-0.3, -0.25) is 14.3 Å². The van der Waals surface area contributed by atoms with E-state index in [9.17, 15) is 14.7 Å². The normalized spacial score (nSPS) is 35.0. The number of aromatic nitrogens is 2. The van der Waals surface area contributed by atoms with E-state index in [0.717, 1.165) is 5.57 Å². The fourth-order valence-corrected chi connectivity index (χ4v) is 3.34. The Labute approximate surface area is 131 Å². The molecule has 7 nitrogen and oxygen atoms in total. The molecule has 0 saturated carbocycles. The topological polar surface area (TPSA) is 96.8 Å². The molecule has 2 saturated heterocycles. The van der Waals surface area contributed by atoms with Crippen LogP contribution in [-0.2, 0) is 9.47 Å². The van der Waals surface area contributed by atoms with Crippen LogP contribution in [0.3, 0.4) is 0 Å². The summed E-state index contributed by atoms with van der Waals surface area (Å²) in [5, 5.41) is 9.62. The lowest BCUT2D eigenvalue weighted by Crippen LogP contribution is -2.33. The lowest BCUT2D eigenvalue weighted by atomic mass is 9.88. The summed E-state index contributed by atoms with van der Waals surface area (Å²) in [4.78, 5) is 25.8. The average Bonchev–Trinajstić information content (AvgIpc) is 3.19. The van der Waals surface area contributed by atoms with E-state index in [0.29, 0.717) is 12.0 Å². The van der Waals surface area contributed by atoms with Gasteiger partial charge in [-0.25, -0.2) is 4.79 Å². The van der Waals surface area contributed by atoms with Gasteiger partial charge in [0, 0.05) is 24.1 Å². The van der Waals surface area contributed by atoms with Crippen molar-refractivity contribution in [2.75, 3.05) is 6.61 Å². The zero-order valence-corrected chi connectivity index (χ0v) is 12.6. The molecule has 0 bridgehead atoms. The lowest BCUT2D eigenvalue weighted by Gasteiger charge is -2.17. The quantitative estimate of drug-likeness (QED) is 0.765. The van der Waals surface area contributed by atoms with Crippen LogP contribution < -0.4 is 11.2 Å². The number of fused-ring (bicyclic) bond motifs is 1. The summed E-state index contributed by atoms with van der Waals surface area (Å²) in [6.45, 7) is 1.51. The van der Waals surface area contributed by atoms with E-state index < -0.39 is 17.5 Å². The van der Waals surface area contributed by atoms with Crippen LogP contribution in [0.1, 0.15) is 18.2 Å². The number of nitrogens with one attached hydrogen (secondary N) is 1. The molecule has 1 aromatic rings. The Balaban J connectivity index is 1.63. The molecule has 3 heterocycles. The molecule has 0 amide bonds. The van der Waals surface area contributed by atoms with Gasteiger partial charge in [0.1, 0.15) is 18.4 Å². The van der Waals surface area contributed by atoms with Gasteiger partial charge in [0.25, 0.3) is 5.56 Å². The van der Waals surface area contributed by atoms with E-state index >= 15 is 0 Å². The SMILES string of the molecule is Cc1cn([C@H]2C[C@H](C3=CC4OC4C=C3)[C@@H](CO)O2)c(=O)[nH]c1=O. The number of nitrogens with zero attached hydrogens (tertiary/aromatic N) is 1. The molecule has 2 unspecified atom stereocenters. The number of aliphatic hydroxyl groups excluding tert-OH is 1. The monoisotopic (exact) mass is 318 g/mol. The number of aromatic amines is 1. The van der Waals surface area contributed by atoms with Crippen molar-refractivity contribution in [1.82, 2.24) is 9.55 Å². The van der Waals surface area contributed by atoms with Gasteiger partial charge in [-0.2, -0.15) is 0 Å². The zero-order valence-electron chi connectivity index (χ0n) is 12.6. The standard InChI is InChI=1S/C16H18N2O5/c1-8-6-18(16(21)17-15(8)20)14-5-10(13(7-19)23-14)9-2-3-11-12(4-9)22-11/h2-4,6,10-14,19H,5,7H2,1H3,(H,17,20,21)/t10-,11?,12?,13-,14-/m1/s1. The third kappa shape index (κ3) is 2.50. The van der Waals surface area contributed by atoms with Crippen LogP contribution in [-0.4, -0.2) is 39.6 Å². The van der Waals surface area contributed by atoms with Crippen molar-refractivity contribution in [3.8, 4) is 0 Å².